The van der Waals surface area contributed by atoms with Crippen molar-refractivity contribution in [3.05, 3.63) is 28.2 Å². The number of anilines is 1. The third-order valence-electron chi connectivity index (χ3n) is 4.10. The van der Waals surface area contributed by atoms with Gasteiger partial charge in [0.15, 0.2) is 0 Å². The Balaban J connectivity index is 1.90. The highest BCUT2D eigenvalue weighted by Gasteiger charge is 2.20. The van der Waals surface area contributed by atoms with Crippen LogP contribution >= 0.6 is 15.9 Å². The summed E-state index contributed by atoms with van der Waals surface area (Å²) in [6.45, 7) is 4.45. The van der Waals surface area contributed by atoms with E-state index in [1.54, 1.807) is 0 Å². The molecule has 0 aromatic heterocycles. The summed E-state index contributed by atoms with van der Waals surface area (Å²) in [4.78, 5) is 0. The van der Waals surface area contributed by atoms with Crippen molar-refractivity contribution in [2.75, 3.05) is 5.32 Å². The van der Waals surface area contributed by atoms with Gasteiger partial charge in [-0.15, -0.1) is 0 Å². The molecule has 1 aliphatic carbocycles. The molecule has 1 nitrogen and oxygen atoms in total. The Morgan fingerprint density at radius 1 is 1.22 bits per heavy atom. The molecule has 2 rings (SSSR count). The quantitative estimate of drug-likeness (QED) is 0.771. The summed E-state index contributed by atoms with van der Waals surface area (Å²) in [5, 5.41) is 3.71. The second-order valence-corrected chi connectivity index (χ2v) is 6.38. The van der Waals surface area contributed by atoms with Crippen LogP contribution in [0.25, 0.3) is 0 Å². The van der Waals surface area contributed by atoms with Gasteiger partial charge in [-0.2, -0.15) is 0 Å². The number of aryl methyl sites for hydroxylation is 1. The molecule has 0 amide bonds. The lowest BCUT2D eigenvalue weighted by Crippen LogP contribution is -2.26. The first-order valence-corrected chi connectivity index (χ1v) is 8.01. The van der Waals surface area contributed by atoms with Gasteiger partial charge < -0.3 is 5.32 Å². The van der Waals surface area contributed by atoms with E-state index in [0.29, 0.717) is 6.04 Å². The van der Waals surface area contributed by atoms with Gasteiger partial charge >= 0.3 is 0 Å². The van der Waals surface area contributed by atoms with Crippen molar-refractivity contribution in [2.45, 2.75) is 58.4 Å². The van der Waals surface area contributed by atoms with E-state index >= 15 is 0 Å². The molecule has 100 valence electrons. The Morgan fingerprint density at radius 3 is 2.61 bits per heavy atom. The van der Waals surface area contributed by atoms with Crippen molar-refractivity contribution < 1.29 is 0 Å². The van der Waals surface area contributed by atoms with E-state index < -0.39 is 0 Å². The van der Waals surface area contributed by atoms with Crippen LogP contribution in [-0.2, 0) is 0 Å². The van der Waals surface area contributed by atoms with E-state index in [2.05, 4.69) is 53.3 Å². The maximum absolute atomic E-state index is 3.71. The van der Waals surface area contributed by atoms with Crippen LogP contribution < -0.4 is 5.32 Å². The Bertz CT molecular complexity index is 381. The third kappa shape index (κ3) is 3.50. The van der Waals surface area contributed by atoms with Crippen LogP contribution in [-0.4, -0.2) is 6.04 Å². The molecule has 0 atom stereocenters. The maximum Gasteiger partial charge on any atom is 0.0489 e. The van der Waals surface area contributed by atoms with Crippen LogP contribution in [0, 0.1) is 12.8 Å². The first-order valence-electron chi connectivity index (χ1n) is 7.22. The van der Waals surface area contributed by atoms with Gasteiger partial charge in [-0.05, 0) is 66.1 Å². The number of nitrogens with one attached hydrogen (secondary N) is 1. The lowest BCUT2D eigenvalue weighted by Gasteiger charge is -2.30. The minimum atomic E-state index is 0.663. The van der Waals surface area contributed by atoms with Crippen molar-refractivity contribution in [1.29, 1.82) is 0 Å². The average Bonchev–Trinajstić information content (AvgIpc) is 2.38. The van der Waals surface area contributed by atoms with Crippen molar-refractivity contribution in [2.24, 2.45) is 5.92 Å². The highest BCUT2D eigenvalue weighted by Crippen LogP contribution is 2.32. The summed E-state index contributed by atoms with van der Waals surface area (Å²) in [6.07, 6.45) is 8.20. The fourth-order valence-electron chi connectivity index (χ4n) is 2.98. The highest BCUT2D eigenvalue weighted by atomic mass is 79.9. The molecule has 0 saturated heterocycles. The van der Waals surface area contributed by atoms with Gasteiger partial charge in [-0.3, -0.25) is 0 Å². The number of hydrogen-bond donors (Lipinski definition) is 1. The van der Waals surface area contributed by atoms with Crippen LogP contribution in [0.3, 0.4) is 0 Å². The van der Waals surface area contributed by atoms with E-state index in [1.807, 2.05) is 0 Å². The molecule has 0 heterocycles. The first-order chi connectivity index (χ1) is 8.70. The second-order valence-electron chi connectivity index (χ2n) is 5.59. The lowest BCUT2D eigenvalue weighted by molar-refractivity contribution is 0.319. The van der Waals surface area contributed by atoms with E-state index in [4.69, 9.17) is 0 Å². The molecule has 1 N–H and O–H groups in total. The smallest absolute Gasteiger partial charge is 0.0489 e. The first kappa shape index (κ1) is 13.9. The molecule has 0 unspecified atom stereocenters. The van der Waals surface area contributed by atoms with Gasteiger partial charge in [-0.25, -0.2) is 0 Å². The Hall–Kier alpha value is -0.500. The molecule has 0 spiro atoms. The average molecular weight is 310 g/mol. The Labute approximate surface area is 119 Å². The zero-order valence-corrected chi connectivity index (χ0v) is 13.1. The van der Waals surface area contributed by atoms with Crippen molar-refractivity contribution >= 4 is 21.6 Å². The monoisotopic (exact) mass is 309 g/mol. The molecule has 1 aromatic rings. The molecule has 1 saturated carbocycles. The summed E-state index contributed by atoms with van der Waals surface area (Å²) >= 11 is 3.68. The molecule has 18 heavy (non-hydrogen) atoms. The predicted octanol–water partition coefficient (Wildman–Crippen LogP) is 5.53. The summed E-state index contributed by atoms with van der Waals surface area (Å²) < 4.78 is 1.22. The van der Waals surface area contributed by atoms with Gasteiger partial charge in [-0.1, -0.05) is 31.9 Å². The summed E-state index contributed by atoms with van der Waals surface area (Å²) in [5.41, 5.74) is 2.56. The van der Waals surface area contributed by atoms with E-state index in [1.165, 1.54) is 54.2 Å². The minimum absolute atomic E-state index is 0.663. The van der Waals surface area contributed by atoms with Crippen LogP contribution in [0.4, 0.5) is 5.69 Å². The van der Waals surface area contributed by atoms with Crippen molar-refractivity contribution in [3.8, 4) is 0 Å². The Kier molecular flexibility index (Phi) is 5.11. The normalized spacial score (nSPS) is 23.9. The standard InChI is InChI=1S/C16H24BrN/c1-3-5-13-8-10-14(11-9-13)18-15-7-4-6-12(2)16(15)17/h4,6-7,13-14,18H,3,5,8-11H2,1-2H3. The van der Waals surface area contributed by atoms with E-state index in [9.17, 15) is 0 Å². The van der Waals surface area contributed by atoms with E-state index in [0.717, 1.165) is 5.92 Å². The fraction of sp³-hybridized carbons (Fsp3) is 0.625. The van der Waals surface area contributed by atoms with Crippen molar-refractivity contribution in [3.63, 3.8) is 0 Å². The van der Waals surface area contributed by atoms with Gasteiger partial charge in [0, 0.05) is 16.2 Å². The van der Waals surface area contributed by atoms with Crippen molar-refractivity contribution in [1.82, 2.24) is 0 Å². The number of rotatable bonds is 4. The number of hydrogen-bond acceptors (Lipinski definition) is 1. The van der Waals surface area contributed by atoms with Crippen LogP contribution in [0.15, 0.2) is 22.7 Å². The predicted molar refractivity (Wildman–Crippen MR) is 83.2 cm³/mol. The number of benzene rings is 1. The fourth-order valence-corrected chi connectivity index (χ4v) is 3.36. The zero-order chi connectivity index (χ0) is 13.0. The molecule has 0 aliphatic heterocycles. The molecule has 2 heteroatoms. The van der Waals surface area contributed by atoms with Gasteiger partial charge in [0.1, 0.15) is 0 Å². The van der Waals surface area contributed by atoms with Crippen LogP contribution in [0.5, 0.6) is 0 Å². The SMILES string of the molecule is CCCC1CCC(Nc2cccc(C)c2Br)CC1. The molecule has 1 aliphatic rings. The summed E-state index contributed by atoms with van der Waals surface area (Å²) in [5.74, 6) is 0.981. The highest BCUT2D eigenvalue weighted by molar-refractivity contribution is 9.10. The molecule has 1 fully saturated rings. The topological polar surface area (TPSA) is 12.0 Å². The zero-order valence-electron chi connectivity index (χ0n) is 11.5. The van der Waals surface area contributed by atoms with Crippen LogP contribution in [0.1, 0.15) is 51.0 Å². The van der Waals surface area contributed by atoms with Gasteiger partial charge in [0.25, 0.3) is 0 Å². The molecule has 0 radical (unpaired) electrons. The van der Waals surface area contributed by atoms with E-state index in [-0.39, 0.29) is 0 Å². The lowest BCUT2D eigenvalue weighted by atomic mass is 9.83. The third-order valence-corrected chi connectivity index (χ3v) is 5.15. The summed E-state index contributed by atoms with van der Waals surface area (Å²) in [7, 11) is 0. The van der Waals surface area contributed by atoms with Gasteiger partial charge in [0.05, 0.1) is 0 Å². The summed E-state index contributed by atoms with van der Waals surface area (Å²) in [6, 6.07) is 7.12. The molecule has 1 aromatic carbocycles. The van der Waals surface area contributed by atoms with Gasteiger partial charge in [0.2, 0.25) is 0 Å². The number of halogens is 1. The minimum Gasteiger partial charge on any atom is -0.381 e. The second kappa shape index (κ2) is 6.60. The largest absolute Gasteiger partial charge is 0.381 e. The molecular weight excluding hydrogens is 286 g/mol. The maximum atomic E-state index is 3.71. The van der Waals surface area contributed by atoms with Crippen LogP contribution in [0.2, 0.25) is 0 Å². The molecular formula is C16H24BrN. The Morgan fingerprint density at radius 2 is 1.94 bits per heavy atom. The molecule has 0 bridgehead atoms.